The van der Waals surface area contributed by atoms with Gasteiger partial charge in [-0.3, -0.25) is 4.79 Å². The minimum atomic E-state index is -0.103. The zero-order chi connectivity index (χ0) is 19.5. The number of aryl methyl sites for hydroxylation is 1. The molecule has 4 rings (SSSR count). The van der Waals surface area contributed by atoms with E-state index in [0.29, 0.717) is 36.0 Å². The number of aromatic nitrogens is 2. The van der Waals surface area contributed by atoms with Crippen LogP contribution in [0.3, 0.4) is 0 Å². The van der Waals surface area contributed by atoms with E-state index in [1.807, 2.05) is 23.1 Å². The highest BCUT2D eigenvalue weighted by atomic mass is 16.2. The molecular weight excluding hydrogens is 350 g/mol. The first kappa shape index (κ1) is 17.7. The summed E-state index contributed by atoms with van der Waals surface area (Å²) in [6.07, 6.45) is 0.845. The molecule has 0 atom stereocenters. The van der Waals surface area contributed by atoms with Gasteiger partial charge in [0.25, 0.3) is 5.91 Å². The molecule has 0 spiro atoms. The van der Waals surface area contributed by atoms with E-state index in [1.54, 1.807) is 31.2 Å². The average Bonchev–Trinajstić information content (AvgIpc) is 2.72. The van der Waals surface area contributed by atoms with Gasteiger partial charge in [-0.1, -0.05) is 30.3 Å². The number of benzene rings is 2. The van der Waals surface area contributed by atoms with Gasteiger partial charge in [-0.25, -0.2) is 9.97 Å². The number of fused-ring (bicyclic) bond motifs is 1. The quantitative estimate of drug-likeness (QED) is 0.763. The van der Waals surface area contributed by atoms with Crippen LogP contribution in [0.15, 0.2) is 54.6 Å². The maximum absolute atomic E-state index is 13.0. The molecule has 2 aromatic carbocycles. The Morgan fingerprint density at radius 2 is 1.93 bits per heavy atom. The summed E-state index contributed by atoms with van der Waals surface area (Å²) in [4.78, 5) is 23.6. The minimum Gasteiger partial charge on any atom is -0.340 e. The Morgan fingerprint density at radius 3 is 2.75 bits per heavy atom. The van der Waals surface area contributed by atoms with Gasteiger partial charge in [0.15, 0.2) is 0 Å². The van der Waals surface area contributed by atoms with Crippen LogP contribution in [-0.4, -0.2) is 27.3 Å². The summed E-state index contributed by atoms with van der Waals surface area (Å²) in [6, 6.07) is 19.1. The lowest BCUT2D eigenvalue weighted by Crippen LogP contribution is -2.36. The predicted molar refractivity (Wildman–Crippen MR) is 106 cm³/mol. The number of nitrogens with one attached hydrogen (secondary N) is 1. The lowest BCUT2D eigenvalue weighted by Gasteiger charge is -2.28. The second-order valence-corrected chi connectivity index (χ2v) is 6.75. The van der Waals surface area contributed by atoms with Crippen LogP contribution < -0.4 is 5.32 Å². The van der Waals surface area contributed by atoms with E-state index in [-0.39, 0.29) is 5.91 Å². The van der Waals surface area contributed by atoms with E-state index in [4.69, 9.17) is 5.26 Å². The molecule has 3 aromatic rings. The summed E-state index contributed by atoms with van der Waals surface area (Å²) in [6.45, 7) is 3.02. The summed E-state index contributed by atoms with van der Waals surface area (Å²) < 4.78 is 0. The zero-order valence-corrected chi connectivity index (χ0v) is 15.5. The molecule has 6 nitrogen and oxygen atoms in total. The first-order valence-corrected chi connectivity index (χ1v) is 9.11. The summed E-state index contributed by atoms with van der Waals surface area (Å²) in [7, 11) is 0. The second kappa shape index (κ2) is 7.49. The third-order valence-electron chi connectivity index (χ3n) is 4.74. The van der Waals surface area contributed by atoms with Crippen molar-refractivity contribution in [2.45, 2.75) is 19.9 Å². The van der Waals surface area contributed by atoms with Crippen LogP contribution >= 0.6 is 0 Å². The van der Waals surface area contributed by atoms with Crippen LogP contribution in [0.4, 0.5) is 11.5 Å². The molecule has 0 aliphatic carbocycles. The van der Waals surface area contributed by atoms with Gasteiger partial charge in [0, 0.05) is 24.8 Å². The predicted octanol–water partition coefficient (Wildman–Crippen LogP) is 3.60. The van der Waals surface area contributed by atoms with Crippen LogP contribution in [0.5, 0.6) is 0 Å². The van der Waals surface area contributed by atoms with Crippen molar-refractivity contribution in [3.63, 3.8) is 0 Å². The molecule has 1 amide bonds. The smallest absolute Gasteiger partial charge is 0.272 e. The van der Waals surface area contributed by atoms with E-state index in [0.717, 1.165) is 12.1 Å². The highest BCUT2D eigenvalue weighted by molar-refractivity contribution is 5.93. The number of carbonyl (C=O) groups excluding carboxylic acids is 1. The number of hydrogen-bond donors (Lipinski definition) is 1. The topological polar surface area (TPSA) is 81.9 Å². The molecule has 1 aliphatic rings. The molecule has 1 N–H and O–H groups in total. The third-order valence-corrected chi connectivity index (χ3v) is 4.74. The Kier molecular flexibility index (Phi) is 4.73. The Hall–Kier alpha value is -3.72. The number of anilines is 2. The van der Waals surface area contributed by atoms with Crippen molar-refractivity contribution in [2.75, 3.05) is 11.9 Å². The highest BCUT2D eigenvalue weighted by Crippen LogP contribution is 2.21. The van der Waals surface area contributed by atoms with Crippen molar-refractivity contribution in [3.05, 3.63) is 82.8 Å². The van der Waals surface area contributed by atoms with Gasteiger partial charge in [0.2, 0.25) is 0 Å². The van der Waals surface area contributed by atoms with Crippen molar-refractivity contribution >= 4 is 17.4 Å². The van der Waals surface area contributed by atoms with E-state index in [2.05, 4.69) is 33.5 Å². The van der Waals surface area contributed by atoms with Gasteiger partial charge in [-0.2, -0.15) is 5.26 Å². The monoisotopic (exact) mass is 369 g/mol. The molecule has 1 aliphatic heterocycles. The molecule has 6 heteroatoms. The van der Waals surface area contributed by atoms with E-state index < -0.39 is 0 Å². The number of amides is 1. The molecule has 0 unspecified atom stereocenters. The van der Waals surface area contributed by atoms with Crippen molar-refractivity contribution in [1.82, 2.24) is 14.9 Å². The summed E-state index contributed by atoms with van der Waals surface area (Å²) in [5, 5.41) is 12.2. The van der Waals surface area contributed by atoms with Gasteiger partial charge in [0.1, 0.15) is 17.3 Å². The number of nitrogens with zero attached hydrogens (tertiary/aromatic N) is 4. The van der Waals surface area contributed by atoms with Crippen molar-refractivity contribution in [2.24, 2.45) is 0 Å². The Bertz CT molecular complexity index is 1090. The normalized spacial score (nSPS) is 12.8. The second-order valence-electron chi connectivity index (χ2n) is 6.75. The third kappa shape index (κ3) is 3.69. The molecule has 0 saturated carbocycles. The minimum absolute atomic E-state index is 0.103. The van der Waals surface area contributed by atoms with Gasteiger partial charge in [0.05, 0.1) is 11.6 Å². The fourth-order valence-electron chi connectivity index (χ4n) is 3.39. The van der Waals surface area contributed by atoms with Gasteiger partial charge < -0.3 is 10.2 Å². The number of nitriles is 1. The molecule has 1 aromatic heterocycles. The molecule has 0 radical (unpaired) electrons. The lowest BCUT2D eigenvalue weighted by molar-refractivity contribution is 0.0728. The van der Waals surface area contributed by atoms with Gasteiger partial charge in [-0.05, 0) is 42.7 Å². The molecule has 2 heterocycles. The Balaban J connectivity index is 1.57. The standard InChI is InChI=1S/C22H19N5O/c1-15-24-20(12-21(25-15)26-19-8-4-5-16(11-19)13-23)22(28)27-10-9-17-6-2-3-7-18(17)14-27/h2-8,11-12H,9-10,14H2,1H3,(H,24,25,26). The largest absolute Gasteiger partial charge is 0.340 e. The fraction of sp³-hybridized carbons (Fsp3) is 0.182. The fourth-order valence-corrected chi connectivity index (χ4v) is 3.39. The van der Waals surface area contributed by atoms with Crippen LogP contribution in [-0.2, 0) is 13.0 Å². The molecule has 0 saturated heterocycles. The summed E-state index contributed by atoms with van der Waals surface area (Å²) in [5.74, 6) is 0.944. The van der Waals surface area contributed by atoms with Crippen molar-refractivity contribution < 1.29 is 4.79 Å². The van der Waals surface area contributed by atoms with Crippen LogP contribution in [0, 0.1) is 18.3 Å². The average molecular weight is 369 g/mol. The van der Waals surface area contributed by atoms with Crippen molar-refractivity contribution in [1.29, 1.82) is 5.26 Å². The van der Waals surface area contributed by atoms with Crippen LogP contribution in [0.25, 0.3) is 0 Å². The summed E-state index contributed by atoms with van der Waals surface area (Å²) >= 11 is 0. The first-order chi connectivity index (χ1) is 13.6. The van der Waals surface area contributed by atoms with E-state index in [1.165, 1.54) is 11.1 Å². The molecule has 28 heavy (non-hydrogen) atoms. The van der Waals surface area contributed by atoms with Crippen molar-refractivity contribution in [3.8, 4) is 6.07 Å². The first-order valence-electron chi connectivity index (χ1n) is 9.11. The molecular formula is C22H19N5O. The number of carbonyl (C=O) groups is 1. The van der Waals surface area contributed by atoms with Gasteiger partial charge in [-0.15, -0.1) is 0 Å². The zero-order valence-electron chi connectivity index (χ0n) is 15.5. The maximum atomic E-state index is 13.0. The maximum Gasteiger partial charge on any atom is 0.272 e. The SMILES string of the molecule is Cc1nc(Nc2cccc(C#N)c2)cc(C(=O)N2CCc3ccccc3C2)n1. The summed E-state index contributed by atoms with van der Waals surface area (Å²) in [5.41, 5.74) is 4.14. The molecule has 0 fully saturated rings. The van der Waals surface area contributed by atoms with Crippen LogP contribution in [0.2, 0.25) is 0 Å². The van der Waals surface area contributed by atoms with Gasteiger partial charge >= 0.3 is 0 Å². The lowest BCUT2D eigenvalue weighted by atomic mass is 10.00. The molecule has 0 bridgehead atoms. The Morgan fingerprint density at radius 1 is 1.11 bits per heavy atom. The molecule has 138 valence electrons. The van der Waals surface area contributed by atoms with E-state index in [9.17, 15) is 4.79 Å². The van der Waals surface area contributed by atoms with E-state index >= 15 is 0 Å². The number of hydrogen-bond acceptors (Lipinski definition) is 5. The van der Waals surface area contributed by atoms with Crippen LogP contribution in [0.1, 0.15) is 33.0 Å². The Labute approximate surface area is 163 Å². The highest BCUT2D eigenvalue weighted by Gasteiger charge is 2.23. The number of rotatable bonds is 3.